The summed E-state index contributed by atoms with van der Waals surface area (Å²) in [6, 6.07) is 9.59. The summed E-state index contributed by atoms with van der Waals surface area (Å²) < 4.78 is 0. The molecule has 2 aromatic rings. The van der Waals surface area contributed by atoms with Gasteiger partial charge in [0.25, 0.3) is 0 Å². The molecule has 4 heteroatoms. The molecule has 17 heavy (non-hydrogen) atoms. The maximum Gasteiger partial charge on any atom is 0.131 e. The maximum atomic E-state index is 5.93. The fourth-order valence-electron chi connectivity index (χ4n) is 1.72. The van der Waals surface area contributed by atoms with Crippen molar-refractivity contribution in [2.24, 2.45) is 0 Å². The van der Waals surface area contributed by atoms with Crippen LogP contribution in [0.15, 0.2) is 30.3 Å². The van der Waals surface area contributed by atoms with Gasteiger partial charge in [-0.05, 0) is 31.0 Å². The van der Waals surface area contributed by atoms with Gasteiger partial charge >= 0.3 is 0 Å². The molecule has 2 rings (SSSR count). The van der Waals surface area contributed by atoms with Crippen molar-refractivity contribution < 1.29 is 0 Å². The highest BCUT2D eigenvalue weighted by molar-refractivity contribution is 6.30. The zero-order valence-electron chi connectivity index (χ0n) is 9.65. The van der Waals surface area contributed by atoms with Gasteiger partial charge in [0.1, 0.15) is 11.6 Å². The van der Waals surface area contributed by atoms with Gasteiger partial charge in [0.05, 0.1) is 0 Å². The van der Waals surface area contributed by atoms with Gasteiger partial charge in [-0.15, -0.1) is 0 Å². The SMILES string of the molecule is Cc1cc(N)nc(CCc2cccc(Cl)c2)n1. The predicted octanol–water partition coefficient (Wildman–Crippen LogP) is 2.81. The van der Waals surface area contributed by atoms with Gasteiger partial charge in [-0.2, -0.15) is 0 Å². The molecule has 0 amide bonds. The molecule has 0 aliphatic carbocycles. The Morgan fingerprint density at radius 1 is 1.18 bits per heavy atom. The summed E-state index contributed by atoms with van der Waals surface area (Å²) in [5, 5.41) is 0.757. The number of nitrogen functional groups attached to an aromatic ring is 1. The summed E-state index contributed by atoms with van der Waals surface area (Å²) >= 11 is 5.93. The number of hydrogen-bond acceptors (Lipinski definition) is 3. The van der Waals surface area contributed by atoms with Crippen LogP contribution in [0, 0.1) is 6.92 Å². The average Bonchev–Trinajstić information content (AvgIpc) is 2.25. The van der Waals surface area contributed by atoms with Gasteiger partial charge in [0.15, 0.2) is 0 Å². The third-order valence-corrected chi connectivity index (χ3v) is 2.68. The molecule has 3 nitrogen and oxygen atoms in total. The normalized spacial score (nSPS) is 10.5. The lowest BCUT2D eigenvalue weighted by atomic mass is 10.1. The third-order valence-electron chi connectivity index (χ3n) is 2.45. The highest BCUT2D eigenvalue weighted by Crippen LogP contribution is 2.12. The number of aromatic nitrogens is 2. The molecule has 0 atom stereocenters. The highest BCUT2D eigenvalue weighted by atomic mass is 35.5. The van der Waals surface area contributed by atoms with E-state index in [1.54, 1.807) is 6.07 Å². The molecule has 2 N–H and O–H groups in total. The van der Waals surface area contributed by atoms with Crippen LogP contribution in [0.25, 0.3) is 0 Å². The summed E-state index contributed by atoms with van der Waals surface area (Å²) in [5.41, 5.74) is 7.76. The number of hydrogen-bond donors (Lipinski definition) is 1. The van der Waals surface area contributed by atoms with E-state index in [0.717, 1.165) is 29.4 Å². The monoisotopic (exact) mass is 247 g/mol. The summed E-state index contributed by atoms with van der Waals surface area (Å²) in [6.45, 7) is 1.92. The Labute approximate surface area is 106 Å². The molecule has 0 saturated heterocycles. The van der Waals surface area contributed by atoms with E-state index in [2.05, 4.69) is 9.97 Å². The van der Waals surface area contributed by atoms with Crippen molar-refractivity contribution in [3.05, 3.63) is 52.4 Å². The molecule has 0 aliphatic heterocycles. The van der Waals surface area contributed by atoms with E-state index < -0.39 is 0 Å². The first-order chi connectivity index (χ1) is 8.13. The summed E-state index contributed by atoms with van der Waals surface area (Å²) in [6.07, 6.45) is 1.63. The lowest BCUT2D eigenvalue weighted by Gasteiger charge is -2.03. The molecule has 0 bridgehead atoms. The molecule has 0 radical (unpaired) electrons. The average molecular weight is 248 g/mol. The quantitative estimate of drug-likeness (QED) is 0.908. The van der Waals surface area contributed by atoms with E-state index >= 15 is 0 Å². The molecule has 0 fully saturated rings. The van der Waals surface area contributed by atoms with Crippen LogP contribution in [0.5, 0.6) is 0 Å². The van der Waals surface area contributed by atoms with E-state index in [0.29, 0.717) is 5.82 Å². The largest absolute Gasteiger partial charge is 0.384 e. The third kappa shape index (κ3) is 3.43. The summed E-state index contributed by atoms with van der Waals surface area (Å²) in [5.74, 6) is 1.31. The second-order valence-corrected chi connectivity index (χ2v) is 4.42. The van der Waals surface area contributed by atoms with Crippen molar-refractivity contribution in [1.29, 1.82) is 0 Å². The van der Waals surface area contributed by atoms with Crippen LogP contribution >= 0.6 is 11.6 Å². The van der Waals surface area contributed by atoms with Crippen LogP contribution < -0.4 is 5.73 Å². The van der Waals surface area contributed by atoms with Crippen molar-refractivity contribution in [3.8, 4) is 0 Å². The topological polar surface area (TPSA) is 51.8 Å². The Bertz CT molecular complexity index is 506. The van der Waals surface area contributed by atoms with Gasteiger partial charge in [-0.25, -0.2) is 9.97 Å². The number of nitrogens with two attached hydrogens (primary N) is 1. The zero-order chi connectivity index (χ0) is 12.3. The van der Waals surface area contributed by atoms with E-state index in [-0.39, 0.29) is 0 Å². The van der Waals surface area contributed by atoms with Crippen molar-refractivity contribution in [3.63, 3.8) is 0 Å². The molecule has 1 aromatic heterocycles. The van der Waals surface area contributed by atoms with Crippen molar-refractivity contribution in [1.82, 2.24) is 9.97 Å². The second-order valence-electron chi connectivity index (χ2n) is 3.98. The van der Waals surface area contributed by atoms with E-state index in [1.165, 1.54) is 5.56 Å². The van der Waals surface area contributed by atoms with Gasteiger partial charge < -0.3 is 5.73 Å². The maximum absolute atomic E-state index is 5.93. The highest BCUT2D eigenvalue weighted by Gasteiger charge is 2.01. The number of aryl methyl sites for hydroxylation is 3. The van der Waals surface area contributed by atoms with E-state index in [4.69, 9.17) is 17.3 Å². The lowest BCUT2D eigenvalue weighted by Crippen LogP contribution is -2.03. The number of halogens is 1. The number of benzene rings is 1. The lowest BCUT2D eigenvalue weighted by molar-refractivity contribution is 0.850. The first-order valence-electron chi connectivity index (χ1n) is 5.48. The second kappa shape index (κ2) is 5.15. The van der Waals surface area contributed by atoms with Gasteiger partial charge in [-0.3, -0.25) is 0 Å². The summed E-state index contributed by atoms with van der Waals surface area (Å²) in [7, 11) is 0. The minimum Gasteiger partial charge on any atom is -0.384 e. The van der Waals surface area contributed by atoms with Crippen LogP contribution in [0.3, 0.4) is 0 Å². The molecule has 0 unspecified atom stereocenters. The first-order valence-corrected chi connectivity index (χ1v) is 5.86. The van der Waals surface area contributed by atoms with Crippen LogP contribution in [-0.4, -0.2) is 9.97 Å². The minimum absolute atomic E-state index is 0.526. The van der Waals surface area contributed by atoms with E-state index in [9.17, 15) is 0 Å². The molecule has 1 heterocycles. The fraction of sp³-hybridized carbons (Fsp3) is 0.231. The molecular weight excluding hydrogens is 234 g/mol. The van der Waals surface area contributed by atoms with Crippen LogP contribution in [0.4, 0.5) is 5.82 Å². The van der Waals surface area contributed by atoms with Crippen LogP contribution in [0.2, 0.25) is 5.02 Å². The first kappa shape index (κ1) is 11.9. The van der Waals surface area contributed by atoms with Gasteiger partial charge in [0.2, 0.25) is 0 Å². The Kier molecular flexibility index (Phi) is 3.59. The number of rotatable bonds is 3. The minimum atomic E-state index is 0.526. The molecular formula is C13H14ClN3. The predicted molar refractivity (Wildman–Crippen MR) is 70.0 cm³/mol. The molecule has 0 aliphatic rings. The van der Waals surface area contributed by atoms with E-state index in [1.807, 2.05) is 31.2 Å². The van der Waals surface area contributed by atoms with Gasteiger partial charge in [-0.1, -0.05) is 23.7 Å². The fourth-order valence-corrected chi connectivity index (χ4v) is 1.93. The summed E-state index contributed by atoms with van der Waals surface area (Å²) in [4.78, 5) is 8.55. The zero-order valence-corrected chi connectivity index (χ0v) is 10.4. The Balaban J connectivity index is 2.07. The smallest absolute Gasteiger partial charge is 0.131 e. The number of anilines is 1. The number of nitrogens with zero attached hydrogens (tertiary/aromatic N) is 2. The van der Waals surface area contributed by atoms with Crippen LogP contribution in [0.1, 0.15) is 17.1 Å². The van der Waals surface area contributed by atoms with Gasteiger partial charge in [0, 0.05) is 23.2 Å². The molecule has 88 valence electrons. The Morgan fingerprint density at radius 2 is 2.00 bits per heavy atom. The van der Waals surface area contributed by atoms with Crippen molar-refractivity contribution in [2.45, 2.75) is 19.8 Å². The van der Waals surface area contributed by atoms with Crippen molar-refractivity contribution in [2.75, 3.05) is 5.73 Å². The molecule has 0 saturated carbocycles. The Hall–Kier alpha value is -1.61. The van der Waals surface area contributed by atoms with Crippen molar-refractivity contribution >= 4 is 17.4 Å². The molecule has 1 aromatic carbocycles. The standard InChI is InChI=1S/C13H14ClN3/c1-9-7-12(15)17-13(16-9)6-5-10-3-2-4-11(14)8-10/h2-4,7-8H,5-6H2,1H3,(H2,15,16,17). The van der Waals surface area contributed by atoms with Crippen LogP contribution in [-0.2, 0) is 12.8 Å². The Morgan fingerprint density at radius 3 is 2.71 bits per heavy atom. The molecule has 0 spiro atoms.